The van der Waals surface area contributed by atoms with Crippen molar-refractivity contribution >= 4 is 53.9 Å². The number of hydrogen-bond acceptors (Lipinski definition) is 3. The molecule has 0 unspecified atom stereocenters. The summed E-state index contributed by atoms with van der Waals surface area (Å²) in [4.78, 5) is 15.4. The highest BCUT2D eigenvalue weighted by molar-refractivity contribution is 6.17. The monoisotopic (exact) mass is 635 g/mol. The topological polar surface area (TPSA) is 38.7 Å². The van der Waals surface area contributed by atoms with Gasteiger partial charge in [-0.2, -0.15) is 0 Å². The quantitative estimate of drug-likeness (QED) is 0.181. The molecule has 0 atom stereocenters. The van der Waals surface area contributed by atoms with Crippen molar-refractivity contribution in [3.05, 3.63) is 176 Å². The van der Waals surface area contributed by atoms with Gasteiger partial charge in [-0.3, -0.25) is 0 Å². The van der Waals surface area contributed by atoms with Crippen LogP contribution in [-0.4, -0.2) is 15.0 Å². The first-order valence-corrected chi connectivity index (χ1v) is 16.9. The van der Waals surface area contributed by atoms with Gasteiger partial charge in [0.25, 0.3) is 0 Å². The normalized spacial score (nSPS) is 11.6. The van der Waals surface area contributed by atoms with Gasteiger partial charge in [0.1, 0.15) is 0 Å². The molecule has 0 radical (unpaired) electrons. The molecule has 3 heteroatoms. The van der Waals surface area contributed by atoms with E-state index in [4.69, 9.17) is 15.0 Å². The molecule has 0 saturated heterocycles. The lowest BCUT2D eigenvalue weighted by atomic mass is 9.92. The Balaban J connectivity index is 1.16. The van der Waals surface area contributed by atoms with Crippen molar-refractivity contribution in [1.29, 1.82) is 0 Å². The molecule has 0 saturated carbocycles. The Bertz CT molecular complexity index is 2920. The van der Waals surface area contributed by atoms with E-state index in [0.29, 0.717) is 17.5 Å². The third-order valence-electron chi connectivity index (χ3n) is 9.91. The van der Waals surface area contributed by atoms with Gasteiger partial charge in [-0.1, -0.05) is 170 Å². The third kappa shape index (κ3) is 4.63. The first-order chi connectivity index (χ1) is 24.8. The largest absolute Gasteiger partial charge is 0.208 e. The molecule has 10 aromatic rings. The van der Waals surface area contributed by atoms with Gasteiger partial charge >= 0.3 is 0 Å². The Kier molecular flexibility index (Phi) is 6.49. The fourth-order valence-electron chi connectivity index (χ4n) is 7.51. The summed E-state index contributed by atoms with van der Waals surface area (Å²) in [6.07, 6.45) is 0. The maximum absolute atomic E-state index is 5.19. The van der Waals surface area contributed by atoms with Crippen molar-refractivity contribution in [2.24, 2.45) is 0 Å². The van der Waals surface area contributed by atoms with Crippen LogP contribution in [0.3, 0.4) is 0 Å². The molecule has 0 aliphatic heterocycles. The van der Waals surface area contributed by atoms with Crippen molar-refractivity contribution in [1.82, 2.24) is 15.0 Å². The van der Waals surface area contributed by atoms with Gasteiger partial charge in [-0.25, -0.2) is 15.0 Å². The molecule has 0 aliphatic rings. The van der Waals surface area contributed by atoms with Gasteiger partial charge in [-0.05, 0) is 71.1 Å². The van der Waals surface area contributed by atoms with E-state index in [-0.39, 0.29) is 0 Å². The van der Waals surface area contributed by atoms with Crippen molar-refractivity contribution in [3.8, 4) is 45.3 Å². The minimum Gasteiger partial charge on any atom is -0.208 e. The summed E-state index contributed by atoms with van der Waals surface area (Å²) in [5.41, 5.74) is 5.28. The highest BCUT2D eigenvalue weighted by Gasteiger charge is 2.17. The van der Waals surface area contributed by atoms with E-state index in [0.717, 1.165) is 32.8 Å². The van der Waals surface area contributed by atoms with E-state index < -0.39 is 0 Å². The molecule has 0 aliphatic carbocycles. The van der Waals surface area contributed by atoms with Crippen LogP contribution < -0.4 is 0 Å². The molecule has 10 rings (SSSR count). The molecule has 0 amide bonds. The lowest BCUT2D eigenvalue weighted by molar-refractivity contribution is 1.08. The maximum atomic E-state index is 5.19. The van der Waals surface area contributed by atoms with Crippen molar-refractivity contribution in [2.75, 3.05) is 0 Å². The average Bonchev–Trinajstić information content (AvgIpc) is 3.20. The van der Waals surface area contributed by atoms with Crippen molar-refractivity contribution in [2.45, 2.75) is 0 Å². The van der Waals surface area contributed by atoms with Gasteiger partial charge in [0, 0.05) is 16.7 Å². The molecular formula is C47H29N3. The van der Waals surface area contributed by atoms with E-state index in [1.807, 2.05) is 18.2 Å². The molecule has 1 heterocycles. The fourth-order valence-corrected chi connectivity index (χ4v) is 7.51. The Hall–Kier alpha value is -6.71. The molecule has 232 valence electrons. The Labute approximate surface area is 289 Å². The predicted octanol–water partition coefficient (Wildman–Crippen LogP) is 12.3. The molecule has 9 aromatic carbocycles. The molecule has 0 fully saturated rings. The highest BCUT2D eigenvalue weighted by atomic mass is 15.0. The summed E-state index contributed by atoms with van der Waals surface area (Å²) in [5.74, 6) is 1.95. The zero-order valence-electron chi connectivity index (χ0n) is 27.1. The summed E-state index contributed by atoms with van der Waals surface area (Å²) < 4.78 is 0. The zero-order valence-corrected chi connectivity index (χ0v) is 27.1. The minimum atomic E-state index is 0.650. The Morgan fingerprint density at radius 2 is 0.720 bits per heavy atom. The van der Waals surface area contributed by atoms with Crippen LogP contribution in [0.15, 0.2) is 176 Å². The van der Waals surface area contributed by atoms with Gasteiger partial charge < -0.3 is 0 Å². The maximum Gasteiger partial charge on any atom is 0.164 e. The van der Waals surface area contributed by atoms with Crippen LogP contribution in [0.25, 0.3) is 99.2 Å². The van der Waals surface area contributed by atoms with Crippen LogP contribution in [0, 0.1) is 0 Å². The van der Waals surface area contributed by atoms with E-state index in [1.165, 1.54) is 48.8 Å². The minimum absolute atomic E-state index is 0.650. The molecule has 0 spiro atoms. The summed E-state index contributed by atoms with van der Waals surface area (Å²) in [7, 11) is 0. The number of benzene rings is 9. The Morgan fingerprint density at radius 3 is 1.50 bits per heavy atom. The first kappa shape index (κ1) is 28.3. The number of fused-ring (bicyclic) bond motifs is 7. The lowest BCUT2D eigenvalue weighted by Gasteiger charge is -2.14. The fraction of sp³-hybridized carbons (Fsp3) is 0. The standard InChI is InChI=1S/C47H29N3/c1-2-13-32(14-3-1)45-48-46(34-25-26-37-33(29-34)24-28-42-36-17-7-5-12-31(36)23-27-43(37)42)50-47(49-45)44-22-10-20-40-39(19-9-21-41(40)44)38-18-8-15-30-11-4-6-16-35(30)38/h1-29H. The zero-order chi connectivity index (χ0) is 33.0. The average molecular weight is 636 g/mol. The van der Waals surface area contributed by atoms with Crippen molar-refractivity contribution < 1.29 is 0 Å². The summed E-state index contributed by atoms with van der Waals surface area (Å²) in [5, 5.41) is 12.1. The number of hydrogen-bond donors (Lipinski definition) is 0. The van der Waals surface area contributed by atoms with Gasteiger partial charge in [0.05, 0.1) is 0 Å². The summed E-state index contributed by atoms with van der Waals surface area (Å²) in [6, 6.07) is 62.3. The lowest BCUT2D eigenvalue weighted by Crippen LogP contribution is -2.00. The molecule has 0 N–H and O–H groups in total. The van der Waals surface area contributed by atoms with Crippen LogP contribution >= 0.6 is 0 Å². The van der Waals surface area contributed by atoms with E-state index in [2.05, 4.69) is 158 Å². The predicted molar refractivity (Wildman–Crippen MR) is 209 cm³/mol. The van der Waals surface area contributed by atoms with Crippen LogP contribution in [0.1, 0.15) is 0 Å². The van der Waals surface area contributed by atoms with E-state index in [9.17, 15) is 0 Å². The van der Waals surface area contributed by atoms with Crippen LogP contribution in [-0.2, 0) is 0 Å². The SMILES string of the molecule is c1ccc(-c2nc(-c3ccc4c(ccc5c6ccccc6ccc45)c3)nc(-c3cccc4c(-c5cccc6ccccc56)cccc34)n2)cc1. The number of aromatic nitrogens is 3. The second-order valence-corrected chi connectivity index (χ2v) is 12.8. The van der Waals surface area contributed by atoms with E-state index >= 15 is 0 Å². The molecular weight excluding hydrogens is 607 g/mol. The molecule has 1 aromatic heterocycles. The van der Waals surface area contributed by atoms with E-state index in [1.54, 1.807) is 0 Å². The number of nitrogens with zero attached hydrogens (tertiary/aromatic N) is 3. The summed E-state index contributed by atoms with van der Waals surface area (Å²) >= 11 is 0. The van der Waals surface area contributed by atoms with Gasteiger partial charge in [0.2, 0.25) is 0 Å². The third-order valence-corrected chi connectivity index (χ3v) is 9.91. The smallest absolute Gasteiger partial charge is 0.164 e. The van der Waals surface area contributed by atoms with Gasteiger partial charge in [0.15, 0.2) is 17.5 Å². The summed E-state index contributed by atoms with van der Waals surface area (Å²) in [6.45, 7) is 0. The highest BCUT2D eigenvalue weighted by Crippen LogP contribution is 2.38. The van der Waals surface area contributed by atoms with Gasteiger partial charge in [-0.15, -0.1) is 0 Å². The van der Waals surface area contributed by atoms with Crippen molar-refractivity contribution in [3.63, 3.8) is 0 Å². The van der Waals surface area contributed by atoms with Crippen LogP contribution in [0.5, 0.6) is 0 Å². The molecule has 50 heavy (non-hydrogen) atoms. The number of rotatable bonds is 4. The second kappa shape index (κ2) is 11.5. The molecule has 3 nitrogen and oxygen atoms in total. The first-order valence-electron chi connectivity index (χ1n) is 16.9. The van der Waals surface area contributed by atoms with Crippen LogP contribution in [0.2, 0.25) is 0 Å². The second-order valence-electron chi connectivity index (χ2n) is 12.8. The van der Waals surface area contributed by atoms with Crippen LogP contribution in [0.4, 0.5) is 0 Å². The molecule has 0 bridgehead atoms. The Morgan fingerprint density at radius 1 is 0.240 bits per heavy atom.